The van der Waals surface area contributed by atoms with Crippen molar-refractivity contribution < 1.29 is 28.8 Å². The van der Waals surface area contributed by atoms with Crippen LogP contribution < -0.4 is 5.32 Å². The van der Waals surface area contributed by atoms with Gasteiger partial charge in [-0.2, -0.15) is 5.26 Å². The van der Waals surface area contributed by atoms with Gasteiger partial charge in [0.1, 0.15) is 5.92 Å². The second kappa shape index (κ2) is 9.70. The van der Waals surface area contributed by atoms with E-state index in [2.05, 4.69) is 10.1 Å². The minimum Gasteiger partial charge on any atom is -0.468 e. The highest BCUT2D eigenvalue weighted by Crippen LogP contribution is 2.43. The van der Waals surface area contributed by atoms with Gasteiger partial charge < -0.3 is 14.8 Å². The van der Waals surface area contributed by atoms with Crippen molar-refractivity contribution >= 4 is 35.3 Å². The molecule has 0 aliphatic carbocycles. The minimum atomic E-state index is -1.50. The minimum absolute atomic E-state index is 0.0218. The highest BCUT2D eigenvalue weighted by atomic mass is 32.2. The summed E-state index contributed by atoms with van der Waals surface area (Å²) in [7, 11) is 1.08. The topological polar surface area (TPSA) is 149 Å². The Labute approximate surface area is 170 Å². The number of carbonyl (C=O) groups excluding carboxylic acids is 3. The third-order valence-corrected chi connectivity index (χ3v) is 5.08. The number of methoxy groups -OCH3 is 1. The molecule has 0 fully saturated rings. The molecule has 1 aromatic carbocycles. The third-order valence-electron chi connectivity index (χ3n) is 4.09. The predicted molar refractivity (Wildman–Crippen MR) is 101 cm³/mol. The molecule has 1 aromatic rings. The number of thioether (sulfide) groups is 1. The number of nitrogens with zero attached hydrogens (tertiary/aromatic N) is 2. The lowest BCUT2D eigenvalue weighted by Gasteiger charge is -2.30. The summed E-state index contributed by atoms with van der Waals surface area (Å²) >= 11 is 0.845. The van der Waals surface area contributed by atoms with Crippen molar-refractivity contribution in [2.45, 2.75) is 12.8 Å². The lowest BCUT2D eigenvalue weighted by Crippen LogP contribution is -2.44. The first-order chi connectivity index (χ1) is 13.8. The van der Waals surface area contributed by atoms with Crippen molar-refractivity contribution in [3.63, 3.8) is 0 Å². The summed E-state index contributed by atoms with van der Waals surface area (Å²) in [4.78, 5) is 47.4. The largest absolute Gasteiger partial charge is 0.468 e. The maximum atomic E-state index is 12.6. The fourth-order valence-electron chi connectivity index (χ4n) is 2.91. The van der Waals surface area contributed by atoms with Crippen LogP contribution in [0.25, 0.3) is 0 Å². The summed E-state index contributed by atoms with van der Waals surface area (Å²) in [6.07, 6.45) is 0. The smallest absolute Gasteiger partial charge is 0.319 e. The molecule has 1 aliphatic rings. The zero-order valence-corrected chi connectivity index (χ0v) is 16.4. The van der Waals surface area contributed by atoms with Gasteiger partial charge in [0.05, 0.1) is 47.0 Å². The van der Waals surface area contributed by atoms with Gasteiger partial charge in [-0.1, -0.05) is 30.0 Å². The predicted octanol–water partition coefficient (Wildman–Crippen LogP) is 1.63. The van der Waals surface area contributed by atoms with Crippen molar-refractivity contribution in [1.82, 2.24) is 5.32 Å². The zero-order chi connectivity index (χ0) is 21.6. The van der Waals surface area contributed by atoms with Crippen LogP contribution in [-0.4, -0.2) is 42.2 Å². The van der Waals surface area contributed by atoms with Crippen LogP contribution in [0.5, 0.6) is 0 Å². The second-order valence-electron chi connectivity index (χ2n) is 5.73. The summed E-state index contributed by atoms with van der Waals surface area (Å²) in [6, 6.07) is 7.45. The Balaban J connectivity index is 2.61. The fourth-order valence-corrected chi connectivity index (χ4v) is 3.75. The van der Waals surface area contributed by atoms with E-state index in [0.717, 1.165) is 18.9 Å². The van der Waals surface area contributed by atoms with Gasteiger partial charge in [-0.05, 0) is 6.92 Å². The number of hydrogen-bond donors (Lipinski definition) is 1. The van der Waals surface area contributed by atoms with Crippen LogP contribution in [0.4, 0.5) is 5.69 Å². The molecule has 0 bridgehead atoms. The number of nitro benzene ring substituents is 1. The van der Waals surface area contributed by atoms with E-state index < -0.39 is 34.6 Å². The lowest BCUT2D eigenvalue weighted by atomic mass is 9.78. The number of benzene rings is 1. The Bertz CT molecular complexity index is 922. The normalized spacial score (nSPS) is 18.4. The molecular weight excluding hydrogens is 402 g/mol. The summed E-state index contributed by atoms with van der Waals surface area (Å²) in [6.45, 7) is 1.80. The Hall–Kier alpha value is -3.39. The van der Waals surface area contributed by atoms with Gasteiger partial charge in [0.25, 0.3) is 5.69 Å². The average Bonchev–Trinajstić information content (AvgIpc) is 2.71. The summed E-state index contributed by atoms with van der Waals surface area (Å²) in [5.41, 5.74) is -0.402. The Morgan fingerprint density at radius 2 is 2.07 bits per heavy atom. The van der Waals surface area contributed by atoms with Gasteiger partial charge in [0, 0.05) is 11.6 Å². The van der Waals surface area contributed by atoms with Gasteiger partial charge >= 0.3 is 11.9 Å². The highest BCUT2D eigenvalue weighted by Gasteiger charge is 2.46. The average molecular weight is 419 g/mol. The first kappa shape index (κ1) is 21.9. The van der Waals surface area contributed by atoms with E-state index in [4.69, 9.17) is 4.74 Å². The SMILES string of the molecule is CCOC(=O)CSC1=C(C#N)[C@H](c2ccccc2[N+](=O)[O-])[C@H](C(=O)OC)C(=O)N1. The van der Waals surface area contributed by atoms with E-state index >= 15 is 0 Å². The van der Waals surface area contributed by atoms with Gasteiger partial charge in [0.15, 0.2) is 0 Å². The number of carbonyl (C=O) groups is 3. The van der Waals surface area contributed by atoms with Gasteiger partial charge in [0.2, 0.25) is 5.91 Å². The molecule has 2 rings (SSSR count). The molecule has 0 spiro atoms. The zero-order valence-electron chi connectivity index (χ0n) is 15.5. The molecule has 1 aliphatic heterocycles. The van der Waals surface area contributed by atoms with E-state index in [1.807, 2.05) is 6.07 Å². The fraction of sp³-hybridized carbons (Fsp3) is 0.333. The molecule has 1 heterocycles. The first-order valence-electron chi connectivity index (χ1n) is 8.40. The van der Waals surface area contributed by atoms with Gasteiger partial charge in [-0.15, -0.1) is 0 Å². The summed E-state index contributed by atoms with van der Waals surface area (Å²) < 4.78 is 9.51. The van der Waals surface area contributed by atoms with Crippen LogP contribution in [0.3, 0.4) is 0 Å². The second-order valence-corrected chi connectivity index (χ2v) is 6.72. The molecule has 2 atom stereocenters. The number of para-hydroxylation sites is 1. The first-order valence-corrected chi connectivity index (χ1v) is 9.38. The van der Waals surface area contributed by atoms with Crippen molar-refractivity contribution in [1.29, 1.82) is 5.26 Å². The number of nitro groups is 1. The van der Waals surface area contributed by atoms with Crippen LogP contribution in [-0.2, 0) is 23.9 Å². The Kier molecular flexibility index (Phi) is 7.33. The van der Waals surface area contributed by atoms with Crippen LogP contribution in [0.15, 0.2) is 34.9 Å². The number of nitrogens with one attached hydrogen (secondary N) is 1. The third kappa shape index (κ3) is 4.72. The molecule has 10 nitrogen and oxygen atoms in total. The lowest BCUT2D eigenvalue weighted by molar-refractivity contribution is -0.385. The van der Waals surface area contributed by atoms with Crippen molar-refractivity contribution in [2.75, 3.05) is 19.5 Å². The van der Waals surface area contributed by atoms with Crippen LogP contribution in [0.2, 0.25) is 0 Å². The molecule has 0 radical (unpaired) electrons. The van der Waals surface area contributed by atoms with Crippen LogP contribution in [0.1, 0.15) is 18.4 Å². The number of hydrogen-bond acceptors (Lipinski definition) is 9. The molecular formula is C18H17N3O7S. The number of esters is 2. The molecule has 11 heteroatoms. The van der Waals surface area contributed by atoms with Gasteiger partial charge in [-0.3, -0.25) is 24.5 Å². The molecule has 0 saturated heterocycles. The maximum Gasteiger partial charge on any atom is 0.319 e. The monoisotopic (exact) mass is 419 g/mol. The van der Waals surface area contributed by atoms with E-state index in [1.165, 1.54) is 24.3 Å². The van der Waals surface area contributed by atoms with E-state index in [-0.39, 0.29) is 34.2 Å². The van der Waals surface area contributed by atoms with Crippen molar-refractivity contribution in [2.24, 2.45) is 5.92 Å². The molecule has 0 saturated carbocycles. The Morgan fingerprint density at radius 1 is 1.38 bits per heavy atom. The van der Waals surface area contributed by atoms with E-state index in [9.17, 15) is 29.8 Å². The quantitative estimate of drug-likeness (QED) is 0.301. The molecule has 1 amide bonds. The standard InChI is InChI=1S/C18H17N3O7S/c1-3-28-13(22)9-29-17-11(8-19)14(15(16(23)20-17)18(24)27-2)10-6-4-5-7-12(10)21(25)26/h4-7,14-15H,3,9H2,1-2H3,(H,20,23)/t14-,15-/m0/s1. The molecule has 1 N–H and O–H groups in total. The molecule has 152 valence electrons. The number of allylic oxidation sites excluding steroid dienone is 1. The number of ether oxygens (including phenoxy) is 2. The van der Waals surface area contributed by atoms with E-state index in [1.54, 1.807) is 6.92 Å². The number of rotatable bonds is 7. The van der Waals surface area contributed by atoms with Crippen LogP contribution in [0, 0.1) is 27.4 Å². The summed E-state index contributed by atoms with van der Waals surface area (Å²) in [5, 5.41) is 23.7. The molecule has 29 heavy (non-hydrogen) atoms. The van der Waals surface area contributed by atoms with Crippen LogP contribution >= 0.6 is 11.8 Å². The molecule has 0 unspecified atom stereocenters. The number of nitriles is 1. The van der Waals surface area contributed by atoms with E-state index in [0.29, 0.717) is 0 Å². The molecule has 0 aromatic heterocycles. The van der Waals surface area contributed by atoms with Crippen molar-refractivity contribution in [3.05, 3.63) is 50.5 Å². The van der Waals surface area contributed by atoms with Crippen molar-refractivity contribution in [3.8, 4) is 6.07 Å². The maximum absolute atomic E-state index is 12.6. The number of amides is 1. The Morgan fingerprint density at radius 3 is 2.66 bits per heavy atom. The van der Waals surface area contributed by atoms with Gasteiger partial charge in [-0.25, -0.2) is 0 Å². The highest BCUT2D eigenvalue weighted by molar-refractivity contribution is 8.03. The summed E-state index contributed by atoms with van der Waals surface area (Å²) in [5.74, 6) is -5.22.